The fourth-order valence-electron chi connectivity index (χ4n) is 2.26. The molecule has 0 aromatic carbocycles. The fraction of sp³-hybridized carbons (Fsp3) is 0.429. The number of nitrogens with one attached hydrogen (secondary N) is 1. The lowest BCUT2D eigenvalue weighted by atomic mass is 9.93. The van der Waals surface area contributed by atoms with Crippen LogP contribution in [0.2, 0.25) is 0 Å². The summed E-state index contributed by atoms with van der Waals surface area (Å²) in [6, 6.07) is 4.78. The van der Waals surface area contributed by atoms with E-state index in [4.69, 9.17) is 0 Å². The van der Waals surface area contributed by atoms with Crippen molar-refractivity contribution in [3.05, 3.63) is 36.4 Å². The first-order valence-corrected chi connectivity index (χ1v) is 6.49. The largest absolute Gasteiger partial charge is 0.308 e. The Balaban J connectivity index is 1.80. The van der Waals surface area contributed by atoms with Crippen molar-refractivity contribution in [3.8, 4) is 11.1 Å². The summed E-state index contributed by atoms with van der Waals surface area (Å²) < 4.78 is 1.82. The molecule has 0 aliphatic heterocycles. The van der Waals surface area contributed by atoms with Gasteiger partial charge in [-0.2, -0.15) is 5.10 Å². The Bertz CT molecular complexity index is 528. The number of nitrogens with zero attached hydrogens (tertiary/aromatic N) is 3. The van der Waals surface area contributed by atoms with E-state index in [1.165, 1.54) is 24.8 Å². The second-order valence-electron chi connectivity index (χ2n) is 4.91. The maximum Gasteiger partial charge on any atom is 0.0621 e. The molecule has 2 heterocycles. The van der Waals surface area contributed by atoms with Gasteiger partial charge in [-0.3, -0.25) is 9.67 Å². The fourth-order valence-corrected chi connectivity index (χ4v) is 2.26. The standard InChI is InChI=1S/C14H18N4/c1-18-10-11(8-17-18)13-6-3-7-15-14(13)9-16-12-4-2-5-12/h3,6-8,10,12,16H,2,4-5,9H2,1H3. The lowest BCUT2D eigenvalue weighted by Crippen LogP contribution is -2.34. The number of rotatable bonds is 4. The number of pyridine rings is 1. The van der Waals surface area contributed by atoms with Crippen LogP contribution in [0.15, 0.2) is 30.7 Å². The molecule has 4 heteroatoms. The maximum absolute atomic E-state index is 4.50. The van der Waals surface area contributed by atoms with Crippen molar-refractivity contribution in [1.29, 1.82) is 0 Å². The van der Waals surface area contributed by atoms with Crippen LogP contribution in [0.3, 0.4) is 0 Å². The van der Waals surface area contributed by atoms with E-state index in [0.29, 0.717) is 6.04 Å². The Hall–Kier alpha value is -1.68. The van der Waals surface area contributed by atoms with Crippen molar-refractivity contribution in [1.82, 2.24) is 20.1 Å². The third-order valence-corrected chi connectivity index (χ3v) is 3.57. The number of aromatic nitrogens is 3. The van der Waals surface area contributed by atoms with Gasteiger partial charge in [0.2, 0.25) is 0 Å². The highest BCUT2D eigenvalue weighted by atomic mass is 15.2. The molecule has 1 N–H and O–H groups in total. The van der Waals surface area contributed by atoms with Gasteiger partial charge in [-0.15, -0.1) is 0 Å². The summed E-state index contributed by atoms with van der Waals surface area (Å²) in [5, 5.41) is 7.79. The Kier molecular flexibility index (Phi) is 3.11. The molecular formula is C14H18N4. The second kappa shape index (κ2) is 4.90. The monoisotopic (exact) mass is 242 g/mol. The molecule has 0 spiro atoms. The van der Waals surface area contributed by atoms with Gasteiger partial charge in [-0.25, -0.2) is 0 Å². The summed E-state index contributed by atoms with van der Waals surface area (Å²) >= 11 is 0. The Morgan fingerprint density at radius 2 is 2.33 bits per heavy atom. The van der Waals surface area contributed by atoms with Gasteiger partial charge in [0.25, 0.3) is 0 Å². The first kappa shape index (κ1) is 11.4. The Labute approximate surface area is 107 Å². The van der Waals surface area contributed by atoms with Crippen LogP contribution in [-0.2, 0) is 13.6 Å². The summed E-state index contributed by atoms with van der Waals surface area (Å²) in [6.07, 6.45) is 9.74. The molecule has 0 unspecified atom stereocenters. The summed E-state index contributed by atoms with van der Waals surface area (Å²) in [5.41, 5.74) is 3.42. The SMILES string of the molecule is Cn1cc(-c2cccnc2CNC2CCC2)cn1. The third kappa shape index (κ3) is 2.29. The molecule has 3 rings (SSSR count). The molecule has 0 bridgehead atoms. The molecule has 94 valence electrons. The van der Waals surface area contributed by atoms with E-state index >= 15 is 0 Å². The van der Waals surface area contributed by atoms with Crippen LogP contribution in [0, 0.1) is 0 Å². The van der Waals surface area contributed by atoms with E-state index in [2.05, 4.69) is 21.5 Å². The first-order valence-electron chi connectivity index (χ1n) is 6.49. The van der Waals surface area contributed by atoms with Gasteiger partial charge < -0.3 is 5.32 Å². The normalized spacial score (nSPS) is 15.6. The van der Waals surface area contributed by atoms with Gasteiger partial charge in [0.05, 0.1) is 11.9 Å². The molecule has 0 saturated heterocycles. The number of aryl methyl sites for hydroxylation is 1. The quantitative estimate of drug-likeness (QED) is 0.893. The Morgan fingerprint density at radius 1 is 1.44 bits per heavy atom. The second-order valence-corrected chi connectivity index (χ2v) is 4.91. The smallest absolute Gasteiger partial charge is 0.0621 e. The zero-order chi connectivity index (χ0) is 12.4. The van der Waals surface area contributed by atoms with Crippen LogP contribution in [0.25, 0.3) is 11.1 Å². The average molecular weight is 242 g/mol. The van der Waals surface area contributed by atoms with Crippen molar-refractivity contribution >= 4 is 0 Å². The number of hydrogen-bond donors (Lipinski definition) is 1. The van der Waals surface area contributed by atoms with Gasteiger partial charge in [-0.1, -0.05) is 12.5 Å². The average Bonchev–Trinajstić information content (AvgIpc) is 2.74. The topological polar surface area (TPSA) is 42.7 Å². The predicted molar refractivity (Wildman–Crippen MR) is 70.9 cm³/mol. The highest BCUT2D eigenvalue weighted by Gasteiger charge is 2.17. The predicted octanol–water partition coefficient (Wildman–Crippen LogP) is 2.12. The third-order valence-electron chi connectivity index (χ3n) is 3.57. The highest BCUT2D eigenvalue weighted by Crippen LogP contribution is 2.23. The van der Waals surface area contributed by atoms with E-state index in [1.807, 2.05) is 36.4 Å². The molecule has 0 atom stereocenters. The summed E-state index contributed by atoms with van der Waals surface area (Å²) in [7, 11) is 1.94. The molecule has 0 amide bonds. The number of hydrogen-bond acceptors (Lipinski definition) is 3. The molecule has 1 fully saturated rings. The minimum absolute atomic E-state index is 0.689. The minimum atomic E-state index is 0.689. The lowest BCUT2D eigenvalue weighted by molar-refractivity contribution is 0.337. The van der Waals surface area contributed by atoms with Gasteiger partial charge >= 0.3 is 0 Å². The zero-order valence-corrected chi connectivity index (χ0v) is 10.6. The van der Waals surface area contributed by atoms with Crippen LogP contribution in [-0.4, -0.2) is 20.8 Å². The maximum atomic E-state index is 4.50. The molecule has 1 aliphatic rings. The van der Waals surface area contributed by atoms with Crippen molar-refractivity contribution in [2.75, 3.05) is 0 Å². The van der Waals surface area contributed by atoms with E-state index in [-0.39, 0.29) is 0 Å². The van der Waals surface area contributed by atoms with Crippen LogP contribution >= 0.6 is 0 Å². The molecule has 1 saturated carbocycles. The Morgan fingerprint density at radius 3 is 3.00 bits per heavy atom. The van der Waals surface area contributed by atoms with Crippen molar-refractivity contribution in [2.24, 2.45) is 7.05 Å². The van der Waals surface area contributed by atoms with Gasteiger partial charge in [0.1, 0.15) is 0 Å². The van der Waals surface area contributed by atoms with Gasteiger partial charge in [-0.05, 0) is 18.9 Å². The molecule has 4 nitrogen and oxygen atoms in total. The molecule has 2 aromatic rings. The van der Waals surface area contributed by atoms with Gasteiger partial charge in [0, 0.05) is 43.2 Å². The van der Waals surface area contributed by atoms with Crippen LogP contribution in [0.5, 0.6) is 0 Å². The zero-order valence-electron chi connectivity index (χ0n) is 10.6. The molecule has 2 aromatic heterocycles. The van der Waals surface area contributed by atoms with Crippen LogP contribution < -0.4 is 5.32 Å². The first-order chi connectivity index (χ1) is 8.83. The van der Waals surface area contributed by atoms with E-state index in [9.17, 15) is 0 Å². The van der Waals surface area contributed by atoms with Crippen molar-refractivity contribution in [3.63, 3.8) is 0 Å². The molecule has 0 radical (unpaired) electrons. The van der Waals surface area contributed by atoms with Crippen LogP contribution in [0.4, 0.5) is 0 Å². The van der Waals surface area contributed by atoms with Crippen molar-refractivity contribution < 1.29 is 0 Å². The molecular weight excluding hydrogens is 224 g/mol. The minimum Gasteiger partial charge on any atom is -0.308 e. The van der Waals surface area contributed by atoms with Crippen molar-refractivity contribution in [2.45, 2.75) is 31.8 Å². The van der Waals surface area contributed by atoms with Crippen LogP contribution in [0.1, 0.15) is 25.0 Å². The van der Waals surface area contributed by atoms with Gasteiger partial charge in [0.15, 0.2) is 0 Å². The molecule has 18 heavy (non-hydrogen) atoms. The summed E-state index contributed by atoms with van der Waals surface area (Å²) in [6.45, 7) is 0.843. The highest BCUT2D eigenvalue weighted by molar-refractivity contribution is 5.64. The summed E-state index contributed by atoms with van der Waals surface area (Å²) in [4.78, 5) is 4.50. The van der Waals surface area contributed by atoms with E-state index in [0.717, 1.165) is 17.8 Å². The van der Waals surface area contributed by atoms with E-state index in [1.54, 1.807) is 0 Å². The molecule has 1 aliphatic carbocycles. The summed E-state index contributed by atoms with van der Waals surface area (Å²) in [5.74, 6) is 0. The lowest BCUT2D eigenvalue weighted by Gasteiger charge is -2.26. The van der Waals surface area contributed by atoms with E-state index < -0.39 is 0 Å².